The lowest BCUT2D eigenvalue weighted by molar-refractivity contribution is 0.242. The predicted molar refractivity (Wildman–Crippen MR) is 55.7 cm³/mol. The summed E-state index contributed by atoms with van der Waals surface area (Å²) in [6, 6.07) is 0.654. The van der Waals surface area contributed by atoms with Gasteiger partial charge in [-0.25, -0.2) is 4.98 Å². The SMILES string of the molecule is CN(C)C1CCn2c(Br)cnc2C1. The standard InChI is InChI=1S/C9H14BrN3/c1-12(2)7-3-4-13-8(10)6-11-9(13)5-7/h6-7H,3-5H2,1-2H3. The van der Waals surface area contributed by atoms with Crippen LogP contribution in [0.15, 0.2) is 10.8 Å². The number of likely N-dealkylation sites (N-methyl/N-ethyl adjacent to an activating group) is 1. The Bertz CT molecular complexity index is 306. The molecule has 1 aromatic heterocycles. The zero-order valence-corrected chi connectivity index (χ0v) is 9.58. The van der Waals surface area contributed by atoms with Crippen molar-refractivity contribution in [2.24, 2.45) is 0 Å². The largest absolute Gasteiger partial charge is 0.323 e. The molecule has 13 heavy (non-hydrogen) atoms. The molecule has 1 unspecified atom stereocenters. The number of aromatic nitrogens is 2. The van der Waals surface area contributed by atoms with Crippen LogP contribution in [0.25, 0.3) is 0 Å². The Morgan fingerprint density at radius 2 is 2.38 bits per heavy atom. The summed E-state index contributed by atoms with van der Waals surface area (Å²) in [7, 11) is 4.27. The van der Waals surface area contributed by atoms with Crippen LogP contribution in [0.2, 0.25) is 0 Å². The van der Waals surface area contributed by atoms with Gasteiger partial charge in [0.25, 0.3) is 0 Å². The topological polar surface area (TPSA) is 21.1 Å². The Morgan fingerprint density at radius 3 is 3.08 bits per heavy atom. The van der Waals surface area contributed by atoms with Gasteiger partial charge in [-0.3, -0.25) is 0 Å². The average molecular weight is 244 g/mol. The van der Waals surface area contributed by atoms with Crippen molar-refractivity contribution in [3.05, 3.63) is 16.6 Å². The molecule has 0 aromatic carbocycles. The smallest absolute Gasteiger partial charge is 0.111 e. The fourth-order valence-corrected chi connectivity index (χ4v) is 2.31. The minimum atomic E-state index is 0.654. The minimum absolute atomic E-state index is 0.654. The molecule has 72 valence electrons. The average Bonchev–Trinajstić information content (AvgIpc) is 2.47. The molecular weight excluding hydrogens is 230 g/mol. The number of halogens is 1. The molecule has 1 aromatic rings. The van der Waals surface area contributed by atoms with Gasteiger partial charge in [-0.05, 0) is 36.4 Å². The van der Waals surface area contributed by atoms with Crippen molar-refractivity contribution in [1.82, 2.24) is 14.5 Å². The second-order valence-corrected chi connectivity index (χ2v) is 4.57. The van der Waals surface area contributed by atoms with Gasteiger partial charge in [0, 0.05) is 19.0 Å². The minimum Gasteiger partial charge on any atom is -0.323 e. The van der Waals surface area contributed by atoms with Gasteiger partial charge >= 0.3 is 0 Å². The number of nitrogens with zero attached hydrogens (tertiary/aromatic N) is 3. The van der Waals surface area contributed by atoms with Gasteiger partial charge in [0.15, 0.2) is 0 Å². The maximum Gasteiger partial charge on any atom is 0.111 e. The Morgan fingerprint density at radius 1 is 1.62 bits per heavy atom. The van der Waals surface area contributed by atoms with Gasteiger partial charge in [0.2, 0.25) is 0 Å². The quantitative estimate of drug-likeness (QED) is 0.746. The summed E-state index contributed by atoms with van der Waals surface area (Å²) in [6.45, 7) is 1.08. The fourth-order valence-electron chi connectivity index (χ4n) is 1.82. The summed E-state index contributed by atoms with van der Waals surface area (Å²) in [5.41, 5.74) is 0. The second-order valence-electron chi connectivity index (χ2n) is 3.76. The Kier molecular flexibility index (Phi) is 2.43. The molecule has 0 N–H and O–H groups in total. The Labute approximate surface area is 86.9 Å². The van der Waals surface area contributed by atoms with Crippen LogP contribution in [0.3, 0.4) is 0 Å². The van der Waals surface area contributed by atoms with E-state index in [1.165, 1.54) is 12.2 Å². The molecule has 0 aliphatic carbocycles. The van der Waals surface area contributed by atoms with Crippen molar-refractivity contribution in [3.63, 3.8) is 0 Å². The Hall–Kier alpha value is -0.350. The van der Waals surface area contributed by atoms with Crippen molar-refractivity contribution in [2.45, 2.75) is 25.4 Å². The van der Waals surface area contributed by atoms with Crippen LogP contribution in [0.4, 0.5) is 0 Å². The van der Waals surface area contributed by atoms with E-state index in [9.17, 15) is 0 Å². The molecule has 0 saturated heterocycles. The lowest BCUT2D eigenvalue weighted by atomic mass is 10.1. The third kappa shape index (κ3) is 1.65. The third-order valence-electron chi connectivity index (χ3n) is 2.72. The molecule has 2 rings (SSSR count). The zero-order valence-electron chi connectivity index (χ0n) is 8.00. The van der Waals surface area contributed by atoms with Crippen molar-refractivity contribution in [1.29, 1.82) is 0 Å². The van der Waals surface area contributed by atoms with E-state index in [-0.39, 0.29) is 0 Å². The fraction of sp³-hybridized carbons (Fsp3) is 0.667. The van der Waals surface area contributed by atoms with Crippen molar-refractivity contribution < 1.29 is 0 Å². The first-order chi connectivity index (χ1) is 6.18. The van der Waals surface area contributed by atoms with Crippen LogP contribution < -0.4 is 0 Å². The van der Waals surface area contributed by atoms with E-state index >= 15 is 0 Å². The summed E-state index contributed by atoms with van der Waals surface area (Å²) in [6.07, 6.45) is 4.18. The maximum absolute atomic E-state index is 4.38. The van der Waals surface area contributed by atoms with Crippen LogP contribution in [0, 0.1) is 0 Å². The number of imidazole rings is 1. The van der Waals surface area contributed by atoms with E-state index in [0.29, 0.717) is 6.04 Å². The molecule has 3 nitrogen and oxygen atoms in total. The van der Waals surface area contributed by atoms with E-state index in [4.69, 9.17) is 0 Å². The molecule has 0 bridgehead atoms. The molecule has 4 heteroatoms. The van der Waals surface area contributed by atoms with E-state index in [1.54, 1.807) is 0 Å². The van der Waals surface area contributed by atoms with Crippen LogP contribution in [0.5, 0.6) is 0 Å². The highest BCUT2D eigenvalue weighted by molar-refractivity contribution is 9.10. The first kappa shape index (κ1) is 9.21. The molecule has 0 saturated carbocycles. The van der Waals surface area contributed by atoms with Gasteiger partial charge in [0.1, 0.15) is 10.4 Å². The summed E-state index contributed by atoms with van der Waals surface area (Å²) >= 11 is 3.50. The first-order valence-electron chi connectivity index (χ1n) is 4.55. The maximum atomic E-state index is 4.38. The van der Waals surface area contributed by atoms with Crippen molar-refractivity contribution in [2.75, 3.05) is 14.1 Å². The summed E-state index contributed by atoms with van der Waals surface area (Å²) in [5.74, 6) is 1.21. The lowest BCUT2D eigenvalue weighted by Crippen LogP contribution is -2.35. The molecular formula is C9H14BrN3. The summed E-state index contributed by atoms with van der Waals surface area (Å²) < 4.78 is 3.36. The normalized spacial score (nSPS) is 22.0. The van der Waals surface area contributed by atoms with Crippen LogP contribution in [-0.2, 0) is 13.0 Å². The highest BCUT2D eigenvalue weighted by atomic mass is 79.9. The number of hydrogen-bond donors (Lipinski definition) is 0. The monoisotopic (exact) mass is 243 g/mol. The van der Waals surface area contributed by atoms with Crippen LogP contribution in [0.1, 0.15) is 12.2 Å². The molecule has 0 amide bonds. The molecule has 2 heterocycles. The predicted octanol–water partition coefficient (Wildman–Crippen LogP) is 1.52. The van der Waals surface area contributed by atoms with E-state index in [0.717, 1.165) is 17.6 Å². The van der Waals surface area contributed by atoms with Gasteiger partial charge in [0.05, 0.1) is 6.20 Å². The highest BCUT2D eigenvalue weighted by Crippen LogP contribution is 2.21. The molecule has 1 aliphatic heterocycles. The van der Waals surface area contributed by atoms with E-state index in [2.05, 4.69) is 44.5 Å². The van der Waals surface area contributed by atoms with E-state index < -0.39 is 0 Å². The lowest BCUT2D eigenvalue weighted by Gasteiger charge is -2.28. The third-order valence-corrected chi connectivity index (χ3v) is 3.36. The van der Waals surface area contributed by atoms with Crippen molar-refractivity contribution >= 4 is 15.9 Å². The second kappa shape index (κ2) is 3.42. The van der Waals surface area contributed by atoms with Gasteiger partial charge < -0.3 is 9.47 Å². The molecule has 0 radical (unpaired) electrons. The zero-order chi connectivity index (χ0) is 9.42. The number of rotatable bonds is 1. The first-order valence-corrected chi connectivity index (χ1v) is 5.34. The number of hydrogen-bond acceptors (Lipinski definition) is 2. The Balaban J connectivity index is 2.21. The van der Waals surface area contributed by atoms with Gasteiger partial charge in [-0.2, -0.15) is 0 Å². The molecule has 0 fully saturated rings. The van der Waals surface area contributed by atoms with Crippen LogP contribution >= 0.6 is 15.9 Å². The highest BCUT2D eigenvalue weighted by Gasteiger charge is 2.21. The van der Waals surface area contributed by atoms with E-state index in [1.807, 2.05) is 6.20 Å². The number of fused-ring (bicyclic) bond motifs is 1. The van der Waals surface area contributed by atoms with Gasteiger partial charge in [-0.15, -0.1) is 0 Å². The molecule has 0 spiro atoms. The van der Waals surface area contributed by atoms with Gasteiger partial charge in [-0.1, -0.05) is 0 Å². The molecule has 1 aliphatic rings. The van der Waals surface area contributed by atoms with Crippen molar-refractivity contribution in [3.8, 4) is 0 Å². The van der Waals surface area contributed by atoms with Crippen LogP contribution in [-0.4, -0.2) is 34.6 Å². The summed E-state index contributed by atoms with van der Waals surface area (Å²) in [4.78, 5) is 6.66. The molecule has 1 atom stereocenters. The summed E-state index contributed by atoms with van der Waals surface area (Å²) in [5, 5.41) is 0.